The number of aromatic nitrogens is 2. The van der Waals surface area contributed by atoms with Gasteiger partial charge >= 0.3 is 0 Å². The minimum Gasteiger partial charge on any atom is -0.464 e. The lowest BCUT2D eigenvalue weighted by molar-refractivity contribution is 0.260. The summed E-state index contributed by atoms with van der Waals surface area (Å²) in [6.45, 7) is 0. The maximum atomic E-state index is 6.35. The van der Waals surface area contributed by atoms with Crippen LogP contribution in [0.5, 0.6) is 5.75 Å². The Hall–Kier alpha value is -6.00. The molecule has 0 bridgehead atoms. The molecule has 1 atom stereocenters. The average Bonchev–Trinajstić information content (AvgIpc) is 3.56. The van der Waals surface area contributed by atoms with E-state index in [1.54, 1.807) is 0 Å². The van der Waals surface area contributed by atoms with E-state index in [0.29, 0.717) is 5.82 Å². The van der Waals surface area contributed by atoms with Crippen molar-refractivity contribution in [3.63, 3.8) is 0 Å². The Balaban J connectivity index is 1.18. The lowest BCUT2D eigenvalue weighted by Gasteiger charge is -2.12. The Labute approximate surface area is 260 Å². The standard InChI is InChI=1S/C41H27N3O/c1-3-10-27(11-4-1)35-25-36(32-18-15-26-9-7-8-14-30(26)23-32)43-40(42-35)33-19-21-34-31(24-33)17-16-28-20-22-37-39(38(28)34)44-41(45-37)29-12-5-2-6-13-29/h1-25,41,44H. The predicted molar refractivity (Wildman–Crippen MR) is 184 cm³/mol. The Bertz CT molecular complexity index is 2390. The Morgan fingerprint density at radius 3 is 1.98 bits per heavy atom. The van der Waals surface area contributed by atoms with Crippen LogP contribution in [0.3, 0.4) is 0 Å². The molecule has 1 unspecified atom stereocenters. The van der Waals surface area contributed by atoms with Crippen molar-refractivity contribution >= 4 is 38.0 Å². The third-order valence-electron chi connectivity index (χ3n) is 8.68. The Morgan fingerprint density at radius 2 is 1.13 bits per heavy atom. The van der Waals surface area contributed by atoms with Gasteiger partial charge in [-0.15, -0.1) is 0 Å². The zero-order valence-corrected chi connectivity index (χ0v) is 24.3. The van der Waals surface area contributed by atoms with Crippen molar-refractivity contribution in [2.45, 2.75) is 6.23 Å². The van der Waals surface area contributed by atoms with Crippen LogP contribution >= 0.6 is 0 Å². The Kier molecular flexibility index (Phi) is 5.85. The van der Waals surface area contributed by atoms with Gasteiger partial charge in [0.15, 0.2) is 12.1 Å². The number of fused-ring (bicyclic) bond motifs is 6. The van der Waals surface area contributed by atoms with Gasteiger partial charge in [0.2, 0.25) is 0 Å². The van der Waals surface area contributed by atoms with E-state index in [1.165, 1.54) is 16.2 Å². The van der Waals surface area contributed by atoms with Gasteiger partial charge in [-0.05, 0) is 51.2 Å². The summed E-state index contributed by atoms with van der Waals surface area (Å²) in [5.41, 5.74) is 7.02. The molecule has 1 aliphatic rings. The highest BCUT2D eigenvalue weighted by atomic mass is 16.5. The van der Waals surface area contributed by atoms with Crippen molar-refractivity contribution in [3.8, 4) is 39.7 Å². The third-order valence-corrected chi connectivity index (χ3v) is 8.68. The van der Waals surface area contributed by atoms with Crippen LogP contribution < -0.4 is 10.1 Å². The maximum absolute atomic E-state index is 6.35. The first-order valence-corrected chi connectivity index (χ1v) is 15.2. The van der Waals surface area contributed by atoms with Crippen LogP contribution in [-0.4, -0.2) is 9.97 Å². The summed E-state index contributed by atoms with van der Waals surface area (Å²) in [6.07, 6.45) is -0.219. The monoisotopic (exact) mass is 577 g/mol. The number of hydrogen-bond acceptors (Lipinski definition) is 4. The van der Waals surface area contributed by atoms with Crippen molar-refractivity contribution in [1.82, 2.24) is 9.97 Å². The summed E-state index contributed by atoms with van der Waals surface area (Å²) in [4.78, 5) is 10.2. The van der Waals surface area contributed by atoms with Gasteiger partial charge in [0.05, 0.1) is 17.1 Å². The summed E-state index contributed by atoms with van der Waals surface area (Å²) >= 11 is 0. The van der Waals surface area contributed by atoms with Crippen molar-refractivity contribution in [1.29, 1.82) is 0 Å². The lowest BCUT2D eigenvalue weighted by atomic mass is 9.98. The van der Waals surface area contributed by atoms with Gasteiger partial charge in [-0.2, -0.15) is 0 Å². The second-order valence-electron chi connectivity index (χ2n) is 11.5. The van der Waals surface area contributed by atoms with Gasteiger partial charge in [0.25, 0.3) is 0 Å². The summed E-state index contributed by atoms with van der Waals surface area (Å²) in [5.74, 6) is 1.57. The second kappa shape index (κ2) is 10.3. The van der Waals surface area contributed by atoms with Gasteiger partial charge < -0.3 is 10.1 Å². The number of ether oxygens (including phenoxy) is 1. The molecule has 45 heavy (non-hydrogen) atoms. The predicted octanol–water partition coefficient (Wildman–Crippen LogP) is 10.4. The van der Waals surface area contributed by atoms with Crippen LogP contribution in [0.1, 0.15) is 11.8 Å². The molecule has 0 amide bonds. The third kappa shape index (κ3) is 4.47. The molecule has 2 heterocycles. The number of anilines is 1. The van der Waals surface area contributed by atoms with Crippen molar-refractivity contribution in [2.24, 2.45) is 0 Å². The van der Waals surface area contributed by atoms with Gasteiger partial charge in [-0.25, -0.2) is 9.97 Å². The first-order chi connectivity index (χ1) is 22.3. The second-order valence-corrected chi connectivity index (χ2v) is 11.5. The number of benzene rings is 7. The van der Waals surface area contributed by atoms with Gasteiger partial charge in [-0.1, -0.05) is 127 Å². The highest BCUT2D eigenvalue weighted by Gasteiger charge is 2.26. The molecular formula is C41H27N3O. The average molecular weight is 578 g/mol. The molecule has 8 aromatic rings. The molecule has 1 N–H and O–H groups in total. The molecule has 0 fully saturated rings. The molecule has 7 aromatic carbocycles. The largest absolute Gasteiger partial charge is 0.464 e. The van der Waals surface area contributed by atoms with Crippen molar-refractivity contribution in [3.05, 3.63) is 157 Å². The van der Waals surface area contributed by atoms with E-state index < -0.39 is 0 Å². The van der Waals surface area contributed by atoms with Crippen molar-refractivity contribution < 1.29 is 4.74 Å². The van der Waals surface area contributed by atoms with E-state index in [1.807, 2.05) is 36.4 Å². The number of rotatable bonds is 4. The maximum Gasteiger partial charge on any atom is 0.196 e. The summed E-state index contributed by atoms with van der Waals surface area (Å²) in [5, 5.41) is 10.7. The number of nitrogens with one attached hydrogen (secondary N) is 1. The fraction of sp³-hybridized carbons (Fsp3) is 0.0244. The minimum absolute atomic E-state index is 0.219. The molecule has 0 spiro atoms. The van der Waals surface area contributed by atoms with Gasteiger partial charge in [0, 0.05) is 27.6 Å². The molecular weight excluding hydrogens is 550 g/mol. The molecule has 1 aromatic heterocycles. The van der Waals surface area contributed by atoms with Gasteiger partial charge in [0.1, 0.15) is 5.75 Å². The summed E-state index contributed by atoms with van der Waals surface area (Å²) < 4.78 is 6.35. The zero-order valence-electron chi connectivity index (χ0n) is 24.3. The van der Waals surface area contributed by atoms with Crippen LogP contribution in [0.15, 0.2) is 152 Å². The molecule has 0 radical (unpaired) electrons. The minimum atomic E-state index is -0.219. The lowest BCUT2D eigenvalue weighted by Crippen LogP contribution is -2.09. The number of hydrogen-bond donors (Lipinski definition) is 1. The number of nitrogens with zero attached hydrogens (tertiary/aromatic N) is 2. The topological polar surface area (TPSA) is 47.0 Å². The van der Waals surface area contributed by atoms with E-state index >= 15 is 0 Å². The van der Waals surface area contributed by atoms with Crippen LogP contribution in [0.4, 0.5) is 5.69 Å². The molecule has 0 aliphatic carbocycles. The van der Waals surface area contributed by atoms with E-state index in [4.69, 9.17) is 14.7 Å². The summed E-state index contributed by atoms with van der Waals surface area (Å²) in [7, 11) is 0. The smallest absolute Gasteiger partial charge is 0.196 e. The van der Waals surface area contributed by atoms with E-state index in [9.17, 15) is 0 Å². The first kappa shape index (κ1) is 25.5. The van der Waals surface area contributed by atoms with E-state index in [-0.39, 0.29) is 6.23 Å². The zero-order chi connectivity index (χ0) is 29.7. The van der Waals surface area contributed by atoms with Crippen LogP contribution in [0, 0.1) is 0 Å². The molecule has 9 rings (SSSR count). The SMILES string of the molecule is c1ccc(-c2cc(-c3ccc4ccccc4c3)nc(-c3ccc4c(ccc5ccc6c(c54)NC(c4ccccc4)O6)c3)n2)cc1. The first-order valence-electron chi connectivity index (χ1n) is 15.2. The summed E-state index contributed by atoms with van der Waals surface area (Å²) in [6, 6.07) is 52.7. The Morgan fingerprint density at radius 1 is 0.489 bits per heavy atom. The van der Waals surface area contributed by atoms with E-state index in [2.05, 4.69) is 121 Å². The normalized spacial score (nSPS) is 13.9. The van der Waals surface area contributed by atoms with Crippen LogP contribution in [0.25, 0.3) is 66.2 Å². The molecule has 0 saturated heterocycles. The molecule has 212 valence electrons. The fourth-order valence-electron chi connectivity index (χ4n) is 6.41. The molecule has 0 saturated carbocycles. The fourth-order valence-corrected chi connectivity index (χ4v) is 6.41. The van der Waals surface area contributed by atoms with Crippen molar-refractivity contribution in [2.75, 3.05) is 5.32 Å². The quantitative estimate of drug-likeness (QED) is 0.211. The van der Waals surface area contributed by atoms with Gasteiger partial charge in [-0.3, -0.25) is 0 Å². The van der Waals surface area contributed by atoms with Crippen LogP contribution in [0.2, 0.25) is 0 Å². The highest BCUT2D eigenvalue weighted by Crippen LogP contribution is 2.45. The highest BCUT2D eigenvalue weighted by molar-refractivity contribution is 6.15. The molecule has 4 nitrogen and oxygen atoms in total. The van der Waals surface area contributed by atoms with E-state index in [0.717, 1.165) is 61.2 Å². The molecule has 1 aliphatic heterocycles. The molecule has 4 heteroatoms. The van der Waals surface area contributed by atoms with Crippen LogP contribution in [-0.2, 0) is 0 Å².